The van der Waals surface area contributed by atoms with Crippen molar-refractivity contribution in [1.29, 1.82) is 0 Å². The smallest absolute Gasteiger partial charge is 0.165 e. The number of hydrogen-bond donors (Lipinski definition) is 0. The first kappa shape index (κ1) is 21.4. The Morgan fingerprint density at radius 1 is 1.04 bits per heavy atom. The molecule has 0 N–H and O–H groups in total. The highest BCUT2D eigenvalue weighted by atomic mass is 19.1. The van der Waals surface area contributed by atoms with E-state index in [2.05, 4.69) is 25.1 Å². The predicted octanol–water partition coefficient (Wildman–Crippen LogP) is 8.05. The number of allylic oxidation sites excluding steroid dienone is 2. The van der Waals surface area contributed by atoms with Crippen LogP contribution < -0.4 is 4.74 Å². The zero-order valence-electron chi connectivity index (χ0n) is 18.0. The summed E-state index contributed by atoms with van der Waals surface area (Å²) in [6.07, 6.45) is 19.0. The summed E-state index contributed by atoms with van der Waals surface area (Å²) < 4.78 is 20.0. The van der Waals surface area contributed by atoms with Gasteiger partial charge in [0.15, 0.2) is 11.6 Å². The maximum absolute atomic E-state index is 14.6. The van der Waals surface area contributed by atoms with Gasteiger partial charge in [0.25, 0.3) is 0 Å². The summed E-state index contributed by atoms with van der Waals surface area (Å²) in [4.78, 5) is 0. The molecule has 28 heavy (non-hydrogen) atoms. The van der Waals surface area contributed by atoms with Crippen LogP contribution in [0.3, 0.4) is 0 Å². The third kappa shape index (κ3) is 5.84. The number of rotatable bonds is 9. The highest BCUT2D eigenvalue weighted by molar-refractivity contribution is 5.32. The normalized spacial score (nSPS) is 26.2. The summed E-state index contributed by atoms with van der Waals surface area (Å²) in [5.74, 6) is 3.09. The molecule has 3 rings (SSSR count). The molecule has 0 amide bonds. The van der Waals surface area contributed by atoms with Crippen molar-refractivity contribution >= 4 is 0 Å². The Labute approximate surface area is 171 Å². The van der Waals surface area contributed by atoms with Gasteiger partial charge in [0.1, 0.15) is 0 Å². The summed E-state index contributed by atoms with van der Waals surface area (Å²) in [6.45, 7) is 4.71. The lowest BCUT2D eigenvalue weighted by Gasteiger charge is -2.36. The monoisotopic (exact) mass is 386 g/mol. The van der Waals surface area contributed by atoms with Crippen LogP contribution in [0.5, 0.6) is 5.75 Å². The van der Waals surface area contributed by atoms with Crippen molar-refractivity contribution in [2.45, 2.75) is 90.4 Å². The Morgan fingerprint density at radius 3 is 2.50 bits per heavy atom. The van der Waals surface area contributed by atoms with Crippen molar-refractivity contribution in [3.8, 4) is 5.75 Å². The molecule has 0 aromatic heterocycles. The molecule has 0 spiro atoms. The van der Waals surface area contributed by atoms with Crippen LogP contribution in [0.4, 0.5) is 4.39 Å². The van der Waals surface area contributed by atoms with E-state index in [1.807, 2.05) is 13.0 Å². The van der Waals surface area contributed by atoms with Gasteiger partial charge in [0.2, 0.25) is 0 Å². The van der Waals surface area contributed by atoms with Crippen LogP contribution in [0, 0.1) is 23.6 Å². The molecule has 2 atom stereocenters. The fourth-order valence-electron chi connectivity index (χ4n) is 5.42. The van der Waals surface area contributed by atoms with Crippen LogP contribution in [0.25, 0.3) is 0 Å². The lowest BCUT2D eigenvalue weighted by atomic mass is 9.69. The number of benzene rings is 1. The van der Waals surface area contributed by atoms with Gasteiger partial charge in [-0.05, 0) is 86.8 Å². The van der Waals surface area contributed by atoms with E-state index >= 15 is 0 Å². The van der Waals surface area contributed by atoms with Gasteiger partial charge in [-0.25, -0.2) is 4.39 Å². The molecule has 1 nitrogen and oxygen atoms in total. The summed E-state index contributed by atoms with van der Waals surface area (Å²) in [5, 5.41) is 0. The van der Waals surface area contributed by atoms with E-state index in [1.165, 1.54) is 76.2 Å². The van der Waals surface area contributed by atoms with Gasteiger partial charge in [-0.3, -0.25) is 0 Å². The van der Waals surface area contributed by atoms with E-state index in [1.54, 1.807) is 6.07 Å². The molecular weight excluding hydrogens is 347 g/mol. The maximum atomic E-state index is 14.6. The van der Waals surface area contributed by atoms with Crippen molar-refractivity contribution in [3.05, 3.63) is 41.7 Å². The lowest BCUT2D eigenvalue weighted by molar-refractivity contribution is 0.210. The average Bonchev–Trinajstić information content (AvgIpc) is 2.73. The second-order valence-corrected chi connectivity index (χ2v) is 9.04. The number of ether oxygens (including phenoxy) is 1. The van der Waals surface area contributed by atoms with Crippen molar-refractivity contribution in [3.63, 3.8) is 0 Å². The van der Waals surface area contributed by atoms with Gasteiger partial charge < -0.3 is 4.74 Å². The minimum atomic E-state index is -0.190. The first-order valence-corrected chi connectivity index (χ1v) is 11.8. The van der Waals surface area contributed by atoms with Crippen LogP contribution >= 0.6 is 0 Å². The van der Waals surface area contributed by atoms with E-state index in [-0.39, 0.29) is 5.82 Å². The largest absolute Gasteiger partial charge is 0.491 e. The van der Waals surface area contributed by atoms with E-state index < -0.39 is 0 Å². The fraction of sp³-hybridized carbons (Fsp3) is 0.692. The zero-order valence-corrected chi connectivity index (χ0v) is 18.0. The van der Waals surface area contributed by atoms with Crippen LogP contribution in [0.15, 0.2) is 30.4 Å². The molecule has 2 aliphatic rings. The summed E-state index contributed by atoms with van der Waals surface area (Å²) in [5.41, 5.74) is 1.20. The molecule has 2 heteroatoms. The highest BCUT2D eigenvalue weighted by Gasteiger charge is 2.30. The third-order valence-electron chi connectivity index (χ3n) is 7.08. The van der Waals surface area contributed by atoms with E-state index in [9.17, 15) is 4.39 Å². The van der Waals surface area contributed by atoms with Gasteiger partial charge in [-0.1, -0.05) is 57.2 Å². The van der Waals surface area contributed by atoms with Crippen LogP contribution in [0.1, 0.15) is 96.0 Å². The average molecular weight is 387 g/mol. The Bertz CT molecular complexity index is 615. The Morgan fingerprint density at radius 2 is 1.86 bits per heavy atom. The molecule has 1 aromatic rings. The summed E-state index contributed by atoms with van der Waals surface area (Å²) in [7, 11) is 0. The molecule has 156 valence electrons. The standard InChI is InChI=1S/C26H39FO/c1-3-5-9-20-12-14-22(15-13-20)24(18-21-10-7-6-8-11-21)23-16-17-26(28-4-2)25(27)19-23/h6-7,16-17,19-22,24H,3-5,8-15,18H2,1-2H3. The Kier molecular flexibility index (Phi) is 8.43. The van der Waals surface area contributed by atoms with Gasteiger partial charge >= 0.3 is 0 Å². The Balaban J connectivity index is 1.72. The molecule has 1 fully saturated rings. The van der Waals surface area contributed by atoms with Gasteiger partial charge in [0, 0.05) is 0 Å². The minimum absolute atomic E-state index is 0.190. The van der Waals surface area contributed by atoms with Crippen molar-refractivity contribution < 1.29 is 9.13 Å². The van der Waals surface area contributed by atoms with E-state index in [4.69, 9.17) is 4.74 Å². The fourth-order valence-corrected chi connectivity index (χ4v) is 5.42. The molecule has 0 radical (unpaired) electrons. The quantitative estimate of drug-likeness (QED) is 0.390. The number of hydrogen-bond acceptors (Lipinski definition) is 1. The summed E-state index contributed by atoms with van der Waals surface area (Å²) >= 11 is 0. The van der Waals surface area contributed by atoms with Crippen LogP contribution in [-0.4, -0.2) is 6.61 Å². The van der Waals surface area contributed by atoms with Gasteiger partial charge in [0.05, 0.1) is 6.61 Å². The van der Waals surface area contributed by atoms with Gasteiger partial charge in [-0.2, -0.15) is 0 Å². The lowest BCUT2D eigenvalue weighted by Crippen LogP contribution is -2.23. The zero-order chi connectivity index (χ0) is 19.8. The minimum Gasteiger partial charge on any atom is -0.491 e. The molecule has 0 heterocycles. The molecule has 2 unspecified atom stereocenters. The SMILES string of the molecule is CCCCC1CCC(C(CC2CC=CCC2)c2ccc(OCC)c(F)c2)CC1. The molecule has 0 bridgehead atoms. The molecule has 0 saturated heterocycles. The van der Waals surface area contributed by atoms with Crippen LogP contribution in [-0.2, 0) is 0 Å². The molecule has 1 aromatic carbocycles. The third-order valence-corrected chi connectivity index (χ3v) is 7.08. The molecular formula is C26H39FO. The number of halogens is 1. The molecule has 2 aliphatic carbocycles. The predicted molar refractivity (Wildman–Crippen MR) is 116 cm³/mol. The van der Waals surface area contributed by atoms with Crippen LogP contribution in [0.2, 0.25) is 0 Å². The van der Waals surface area contributed by atoms with E-state index in [0.29, 0.717) is 24.2 Å². The van der Waals surface area contributed by atoms with Crippen molar-refractivity contribution in [2.24, 2.45) is 17.8 Å². The van der Waals surface area contributed by atoms with Crippen molar-refractivity contribution in [1.82, 2.24) is 0 Å². The Hall–Kier alpha value is -1.31. The highest BCUT2D eigenvalue weighted by Crippen LogP contribution is 2.44. The summed E-state index contributed by atoms with van der Waals surface area (Å²) in [6, 6.07) is 5.77. The van der Waals surface area contributed by atoms with Gasteiger partial charge in [-0.15, -0.1) is 0 Å². The topological polar surface area (TPSA) is 9.23 Å². The first-order valence-electron chi connectivity index (χ1n) is 11.8. The second kappa shape index (κ2) is 11.0. The molecule has 1 saturated carbocycles. The maximum Gasteiger partial charge on any atom is 0.165 e. The molecule has 0 aliphatic heterocycles. The van der Waals surface area contributed by atoms with E-state index in [0.717, 1.165) is 11.8 Å². The van der Waals surface area contributed by atoms with Crippen molar-refractivity contribution in [2.75, 3.05) is 6.61 Å². The second-order valence-electron chi connectivity index (χ2n) is 9.04. The number of unbranched alkanes of at least 4 members (excludes halogenated alkanes) is 1. The first-order chi connectivity index (χ1) is 13.7.